The van der Waals surface area contributed by atoms with Crippen molar-refractivity contribution in [3.05, 3.63) is 93.7 Å². The lowest BCUT2D eigenvalue weighted by molar-refractivity contribution is 0.102. The molecule has 5 nitrogen and oxygen atoms in total. The first-order valence-corrected chi connectivity index (χ1v) is 7.72. The molecule has 1 N–H and O–H groups in total. The van der Waals surface area contributed by atoms with Gasteiger partial charge >= 0.3 is 0 Å². The summed E-state index contributed by atoms with van der Waals surface area (Å²) in [5.74, 6) is -0.946. The van der Waals surface area contributed by atoms with E-state index in [-0.39, 0.29) is 17.8 Å². The Bertz CT molecular complexity index is 968. The third-order valence-corrected chi connectivity index (χ3v) is 3.72. The SMILES string of the molecule is Cc1ccc(F)cc1NC(=O)c1ccc(=O)n(Cc2ccccc2)n1. The number of carbonyl (C=O) groups excluding carboxylic acids is 1. The van der Waals surface area contributed by atoms with Crippen LogP contribution in [0.25, 0.3) is 0 Å². The number of anilines is 1. The topological polar surface area (TPSA) is 64.0 Å². The van der Waals surface area contributed by atoms with Gasteiger partial charge in [0.2, 0.25) is 0 Å². The highest BCUT2D eigenvalue weighted by Gasteiger charge is 2.12. The summed E-state index contributed by atoms with van der Waals surface area (Å²) in [5.41, 5.74) is 1.78. The second-order valence-corrected chi connectivity index (χ2v) is 5.61. The van der Waals surface area contributed by atoms with E-state index in [9.17, 15) is 14.0 Å². The van der Waals surface area contributed by atoms with Gasteiger partial charge in [-0.05, 0) is 36.2 Å². The molecule has 3 aromatic rings. The third-order valence-electron chi connectivity index (χ3n) is 3.72. The predicted octanol–water partition coefficient (Wildman–Crippen LogP) is 2.99. The zero-order chi connectivity index (χ0) is 17.8. The van der Waals surface area contributed by atoms with Crippen molar-refractivity contribution in [2.75, 3.05) is 5.32 Å². The maximum absolute atomic E-state index is 13.3. The smallest absolute Gasteiger partial charge is 0.276 e. The molecule has 0 bridgehead atoms. The van der Waals surface area contributed by atoms with Crippen LogP contribution in [0, 0.1) is 12.7 Å². The van der Waals surface area contributed by atoms with Crippen LogP contribution >= 0.6 is 0 Å². The zero-order valence-corrected chi connectivity index (χ0v) is 13.6. The molecule has 0 aliphatic carbocycles. The van der Waals surface area contributed by atoms with E-state index in [1.54, 1.807) is 13.0 Å². The fraction of sp³-hybridized carbons (Fsp3) is 0.105. The second kappa shape index (κ2) is 7.09. The van der Waals surface area contributed by atoms with Gasteiger partial charge in [-0.3, -0.25) is 9.59 Å². The van der Waals surface area contributed by atoms with Crippen LogP contribution in [0.4, 0.5) is 10.1 Å². The number of amides is 1. The van der Waals surface area contributed by atoms with Crippen molar-refractivity contribution in [2.45, 2.75) is 13.5 Å². The number of nitrogens with zero attached hydrogens (tertiary/aromatic N) is 2. The molecule has 0 radical (unpaired) electrons. The van der Waals surface area contributed by atoms with Gasteiger partial charge in [-0.1, -0.05) is 36.4 Å². The van der Waals surface area contributed by atoms with Gasteiger partial charge in [-0.2, -0.15) is 5.10 Å². The summed E-state index contributed by atoms with van der Waals surface area (Å²) < 4.78 is 14.6. The van der Waals surface area contributed by atoms with Crippen LogP contribution in [0.15, 0.2) is 65.5 Å². The molecule has 1 heterocycles. The standard InChI is InChI=1S/C19H16FN3O2/c1-13-7-8-15(20)11-17(13)21-19(25)16-9-10-18(24)23(22-16)12-14-5-3-2-4-6-14/h2-11H,12H2,1H3,(H,21,25). The number of hydrogen-bond donors (Lipinski definition) is 1. The minimum Gasteiger partial charge on any atom is -0.320 e. The monoisotopic (exact) mass is 337 g/mol. The van der Waals surface area contributed by atoms with Crippen molar-refractivity contribution in [3.63, 3.8) is 0 Å². The molecule has 0 spiro atoms. The number of aromatic nitrogens is 2. The van der Waals surface area contributed by atoms with Crippen LogP contribution in [0.5, 0.6) is 0 Å². The minimum absolute atomic E-state index is 0.0826. The number of benzene rings is 2. The molecule has 6 heteroatoms. The van der Waals surface area contributed by atoms with Crippen LogP contribution < -0.4 is 10.9 Å². The van der Waals surface area contributed by atoms with Crippen molar-refractivity contribution < 1.29 is 9.18 Å². The Balaban J connectivity index is 1.85. The molecule has 25 heavy (non-hydrogen) atoms. The van der Waals surface area contributed by atoms with Crippen LogP contribution in [-0.2, 0) is 6.54 Å². The fourth-order valence-electron chi connectivity index (χ4n) is 2.35. The summed E-state index contributed by atoms with van der Waals surface area (Å²) in [6.07, 6.45) is 0. The molecule has 3 rings (SSSR count). The number of hydrogen-bond acceptors (Lipinski definition) is 3. The Kier molecular flexibility index (Phi) is 4.70. The highest BCUT2D eigenvalue weighted by atomic mass is 19.1. The lowest BCUT2D eigenvalue weighted by atomic mass is 10.2. The molecular formula is C19H16FN3O2. The summed E-state index contributed by atoms with van der Waals surface area (Å²) in [5, 5.41) is 6.74. The average molecular weight is 337 g/mol. The summed E-state index contributed by atoms with van der Waals surface area (Å²) >= 11 is 0. The Labute approximate surface area is 143 Å². The first kappa shape index (κ1) is 16.6. The van der Waals surface area contributed by atoms with Crippen molar-refractivity contribution >= 4 is 11.6 Å². The maximum Gasteiger partial charge on any atom is 0.276 e. The quantitative estimate of drug-likeness (QED) is 0.796. The average Bonchev–Trinajstić information content (AvgIpc) is 2.61. The summed E-state index contributed by atoms with van der Waals surface area (Å²) in [6, 6.07) is 16.1. The predicted molar refractivity (Wildman–Crippen MR) is 93.1 cm³/mol. The maximum atomic E-state index is 13.3. The lowest BCUT2D eigenvalue weighted by Crippen LogP contribution is -2.26. The van der Waals surface area contributed by atoms with Gasteiger partial charge < -0.3 is 5.32 Å². The van der Waals surface area contributed by atoms with E-state index in [4.69, 9.17) is 0 Å². The fourth-order valence-corrected chi connectivity index (χ4v) is 2.35. The second-order valence-electron chi connectivity index (χ2n) is 5.61. The highest BCUT2D eigenvalue weighted by molar-refractivity contribution is 6.03. The summed E-state index contributed by atoms with van der Waals surface area (Å²) in [7, 11) is 0. The molecule has 2 aromatic carbocycles. The molecule has 126 valence electrons. The molecule has 0 unspecified atom stereocenters. The zero-order valence-electron chi connectivity index (χ0n) is 13.6. The normalized spacial score (nSPS) is 10.5. The molecule has 0 fully saturated rings. The van der Waals surface area contributed by atoms with E-state index in [1.807, 2.05) is 30.3 Å². The number of carbonyl (C=O) groups is 1. The molecular weight excluding hydrogens is 321 g/mol. The van der Waals surface area contributed by atoms with Gasteiger partial charge in [0.05, 0.1) is 6.54 Å². The van der Waals surface area contributed by atoms with Gasteiger partial charge in [-0.15, -0.1) is 0 Å². The van der Waals surface area contributed by atoms with Crippen molar-refractivity contribution in [2.24, 2.45) is 0 Å². The van der Waals surface area contributed by atoms with E-state index >= 15 is 0 Å². The number of nitrogens with one attached hydrogen (secondary N) is 1. The van der Waals surface area contributed by atoms with Crippen LogP contribution in [-0.4, -0.2) is 15.7 Å². The van der Waals surface area contributed by atoms with Crippen LogP contribution in [0.1, 0.15) is 21.6 Å². The Morgan fingerprint density at radius 2 is 1.88 bits per heavy atom. The number of rotatable bonds is 4. The van der Waals surface area contributed by atoms with E-state index in [1.165, 1.54) is 28.9 Å². The van der Waals surface area contributed by atoms with E-state index in [0.29, 0.717) is 5.69 Å². The molecule has 1 aromatic heterocycles. The van der Waals surface area contributed by atoms with Crippen molar-refractivity contribution in [1.82, 2.24) is 9.78 Å². The number of halogens is 1. The van der Waals surface area contributed by atoms with E-state index in [2.05, 4.69) is 10.4 Å². The van der Waals surface area contributed by atoms with Gasteiger partial charge in [0, 0.05) is 11.8 Å². The minimum atomic E-state index is -0.504. The molecule has 0 aliphatic rings. The summed E-state index contributed by atoms with van der Waals surface area (Å²) in [6.45, 7) is 2.03. The van der Waals surface area contributed by atoms with Gasteiger partial charge in [0.15, 0.2) is 0 Å². The molecule has 0 saturated heterocycles. The first-order valence-electron chi connectivity index (χ1n) is 7.72. The van der Waals surface area contributed by atoms with Gasteiger partial charge in [-0.25, -0.2) is 9.07 Å². The largest absolute Gasteiger partial charge is 0.320 e. The first-order chi connectivity index (χ1) is 12.0. The van der Waals surface area contributed by atoms with Crippen LogP contribution in [0.2, 0.25) is 0 Å². The third kappa shape index (κ3) is 3.98. The Morgan fingerprint density at radius 1 is 1.12 bits per heavy atom. The molecule has 0 atom stereocenters. The van der Waals surface area contributed by atoms with Crippen molar-refractivity contribution in [1.29, 1.82) is 0 Å². The molecule has 0 aliphatic heterocycles. The Morgan fingerprint density at radius 3 is 2.64 bits per heavy atom. The molecule has 0 saturated carbocycles. The van der Waals surface area contributed by atoms with Gasteiger partial charge in [0.25, 0.3) is 11.5 Å². The van der Waals surface area contributed by atoms with E-state index < -0.39 is 11.7 Å². The van der Waals surface area contributed by atoms with Crippen LogP contribution in [0.3, 0.4) is 0 Å². The van der Waals surface area contributed by atoms with Gasteiger partial charge in [0.1, 0.15) is 11.5 Å². The number of aryl methyl sites for hydroxylation is 1. The Hall–Kier alpha value is -3.28. The van der Waals surface area contributed by atoms with Crippen molar-refractivity contribution in [3.8, 4) is 0 Å². The lowest BCUT2D eigenvalue weighted by Gasteiger charge is -2.10. The van der Waals surface area contributed by atoms with E-state index in [0.717, 1.165) is 11.1 Å². The highest BCUT2D eigenvalue weighted by Crippen LogP contribution is 2.16. The summed E-state index contributed by atoms with van der Waals surface area (Å²) in [4.78, 5) is 24.4. The molecule has 1 amide bonds.